The van der Waals surface area contributed by atoms with Crippen molar-refractivity contribution in [2.45, 2.75) is 64.0 Å². The van der Waals surface area contributed by atoms with Gasteiger partial charge in [-0.1, -0.05) is 18.2 Å². The standard InChI is InChI=1S/C20H27F3O5/c1-15(2)27-18(24)28-19(14-26-19)10-6-12-25-11-4-3-7-16-8-5-9-17(13-16)20(21,22)23/h5,8-9,13,15H,3-4,6-7,10-12,14H2,1-2H3. The monoisotopic (exact) mass is 404 g/mol. The van der Waals surface area contributed by atoms with Crippen LogP contribution >= 0.6 is 0 Å². The minimum atomic E-state index is -4.31. The molecule has 0 saturated carbocycles. The second kappa shape index (κ2) is 10.1. The van der Waals surface area contributed by atoms with Gasteiger partial charge >= 0.3 is 12.3 Å². The van der Waals surface area contributed by atoms with Crippen molar-refractivity contribution in [1.82, 2.24) is 0 Å². The molecule has 0 radical (unpaired) electrons. The molecule has 1 aromatic rings. The van der Waals surface area contributed by atoms with E-state index in [1.165, 1.54) is 12.1 Å². The molecule has 28 heavy (non-hydrogen) atoms. The van der Waals surface area contributed by atoms with Crippen LogP contribution in [0.2, 0.25) is 0 Å². The number of aryl methyl sites for hydroxylation is 1. The van der Waals surface area contributed by atoms with Crippen LogP contribution in [0.25, 0.3) is 0 Å². The fourth-order valence-corrected chi connectivity index (χ4v) is 2.69. The Bertz CT molecular complexity index is 627. The Kier molecular flexibility index (Phi) is 8.12. The maximum Gasteiger partial charge on any atom is 0.511 e. The van der Waals surface area contributed by atoms with E-state index < -0.39 is 23.7 Å². The van der Waals surface area contributed by atoms with E-state index in [0.29, 0.717) is 44.6 Å². The van der Waals surface area contributed by atoms with Gasteiger partial charge in [-0.2, -0.15) is 13.2 Å². The van der Waals surface area contributed by atoms with Crippen LogP contribution in [-0.4, -0.2) is 37.9 Å². The van der Waals surface area contributed by atoms with Crippen LogP contribution in [-0.2, 0) is 31.5 Å². The minimum Gasteiger partial charge on any atom is -0.432 e. The Morgan fingerprint density at radius 2 is 1.93 bits per heavy atom. The van der Waals surface area contributed by atoms with Crippen LogP contribution in [0.5, 0.6) is 0 Å². The minimum absolute atomic E-state index is 0.248. The Balaban J connectivity index is 1.53. The van der Waals surface area contributed by atoms with E-state index in [4.69, 9.17) is 18.9 Å². The highest BCUT2D eigenvalue weighted by molar-refractivity contribution is 5.60. The summed E-state index contributed by atoms with van der Waals surface area (Å²) in [6.45, 7) is 4.86. The summed E-state index contributed by atoms with van der Waals surface area (Å²) >= 11 is 0. The molecule has 1 atom stereocenters. The molecule has 1 fully saturated rings. The first-order valence-electron chi connectivity index (χ1n) is 9.48. The van der Waals surface area contributed by atoms with Gasteiger partial charge in [0.2, 0.25) is 5.79 Å². The van der Waals surface area contributed by atoms with E-state index >= 15 is 0 Å². The molecule has 0 amide bonds. The molecule has 2 rings (SSSR count). The molecule has 0 spiro atoms. The van der Waals surface area contributed by atoms with Gasteiger partial charge in [0.15, 0.2) is 0 Å². The molecule has 1 aromatic carbocycles. The normalized spacial score (nSPS) is 18.9. The molecular weight excluding hydrogens is 377 g/mol. The highest BCUT2D eigenvalue weighted by Gasteiger charge is 2.49. The van der Waals surface area contributed by atoms with Gasteiger partial charge in [-0.05, 0) is 51.2 Å². The zero-order valence-corrected chi connectivity index (χ0v) is 16.2. The molecule has 1 aliphatic heterocycles. The van der Waals surface area contributed by atoms with Gasteiger partial charge in [-0.15, -0.1) is 0 Å². The predicted molar refractivity (Wildman–Crippen MR) is 95.8 cm³/mol. The van der Waals surface area contributed by atoms with Crippen LogP contribution in [0, 0.1) is 0 Å². The predicted octanol–water partition coefficient (Wildman–Crippen LogP) is 5.11. The largest absolute Gasteiger partial charge is 0.511 e. The van der Waals surface area contributed by atoms with Crippen molar-refractivity contribution in [2.75, 3.05) is 19.8 Å². The summed E-state index contributed by atoms with van der Waals surface area (Å²) in [6, 6.07) is 5.41. The molecule has 8 heteroatoms. The number of halogens is 3. The SMILES string of the molecule is CC(C)OC(=O)OC1(CCCOCCCCc2cccc(C(F)(F)F)c2)CO1. The van der Waals surface area contributed by atoms with Crippen molar-refractivity contribution in [3.63, 3.8) is 0 Å². The number of benzene rings is 1. The summed E-state index contributed by atoms with van der Waals surface area (Å²) in [5.74, 6) is -0.876. The van der Waals surface area contributed by atoms with Gasteiger partial charge in [-0.3, -0.25) is 0 Å². The van der Waals surface area contributed by atoms with E-state index in [1.54, 1.807) is 19.9 Å². The average Bonchev–Trinajstić information content (AvgIpc) is 3.35. The second-order valence-corrected chi connectivity index (χ2v) is 7.09. The third-order valence-electron chi connectivity index (χ3n) is 4.17. The number of carbonyl (C=O) groups is 1. The summed E-state index contributed by atoms with van der Waals surface area (Å²) in [7, 11) is 0. The van der Waals surface area contributed by atoms with E-state index in [0.717, 1.165) is 18.9 Å². The Labute approximate surface area is 163 Å². The molecule has 1 aliphatic rings. The summed E-state index contributed by atoms with van der Waals surface area (Å²) in [4.78, 5) is 11.5. The van der Waals surface area contributed by atoms with Crippen molar-refractivity contribution < 1.29 is 36.9 Å². The van der Waals surface area contributed by atoms with Gasteiger partial charge in [0, 0.05) is 19.6 Å². The smallest absolute Gasteiger partial charge is 0.432 e. The van der Waals surface area contributed by atoms with Crippen LogP contribution in [0.4, 0.5) is 18.0 Å². The molecular formula is C20H27F3O5. The Hall–Kier alpha value is -1.80. The number of alkyl halides is 3. The van der Waals surface area contributed by atoms with Crippen LogP contribution < -0.4 is 0 Å². The maximum atomic E-state index is 12.7. The second-order valence-electron chi connectivity index (χ2n) is 7.09. The lowest BCUT2D eigenvalue weighted by Gasteiger charge is -2.14. The van der Waals surface area contributed by atoms with Crippen molar-refractivity contribution >= 4 is 6.16 Å². The van der Waals surface area contributed by atoms with E-state index in [1.807, 2.05) is 0 Å². The molecule has 0 aliphatic carbocycles. The molecule has 0 aromatic heterocycles. The summed E-state index contributed by atoms with van der Waals surface area (Å²) < 4.78 is 58.9. The highest BCUT2D eigenvalue weighted by Crippen LogP contribution is 2.34. The van der Waals surface area contributed by atoms with Crippen LogP contribution in [0.15, 0.2) is 24.3 Å². The third kappa shape index (κ3) is 8.06. The zero-order chi connectivity index (χ0) is 20.6. The summed E-state index contributed by atoms with van der Waals surface area (Å²) in [6.07, 6.45) is -2.00. The first-order chi connectivity index (χ1) is 13.2. The van der Waals surface area contributed by atoms with Crippen molar-refractivity contribution in [3.05, 3.63) is 35.4 Å². The lowest BCUT2D eigenvalue weighted by atomic mass is 10.1. The van der Waals surface area contributed by atoms with Gasteiger partial charge in [0.1, 0.15) is 6.61 Å². The van der Waals surface area contributed by atoms with Crippen molar-refractivity contribution in [3.8, 4) is 0 Å². The fraction of sp³-hybridized carbons (Fsp3) is 0.650. The quantitative estimate of drug-likeness (QED) is 0.291. The van der Waals surface area contributed by atoms with Crippen LogP contribution in [0.1, 0.15) is 50.7 Å². The third-order valence-corrected chi connectivity index (χ3v) is 4.17. The van der Waals surface area contributed by atoms with E-state index in [-0.39, 0.29) is 6.10 Å². The fourth-order valence-electron chi connectivity index (χ4n) is 2.69. The zero-order valence-electron chi connectivity index (χ0n) is 16.2. The number of ether oxygens (including phenoxy) is 4. The first-order valence-corrected chi connectivity index (χ1v) is 9.48. The van der Waals surface area contributed by atoms with Crippen molar-refractivity contribution in [2.24, 2.45) is 0 Å². The Morgan fingerprint density at radius 3 is 2.57 bits per heavy atom. The lowest BCUT2D eigenvalue weighted by Crippen LogP contribution is -2.24. The number of rotatable bonds is 11. The molecule has 5 nitrogen and oxygen atoms in total. The number of hydrogen-bond donors (Lipinski definition) is 0. The average molecular weight is 404 g/mol. The Morgan fingerprint density at radius 1 is 1.21 bits per heavy atom. The van der Waals surface area contributed by atoms with Gasteiger partial charge in [0.05, 0.1) is 11.7 Å². The van der Waals surface area contributed by atoms with Gasteiger partial charge < -0.3 is 18.9 Å². The highest BCUT2D eigenvalue weighted by atomic mass is 19.4. The summed E-state index contributed by atoms with van der Waals surface area (Å²) in [5, 5.41) is 0. The molecule has 0 N–H and O–H groups in total. The summed E-state index contributed by atoms with van der Waals surface area (Å²) in [5.41, 5.74) is 0.0602. The lowest BCUT2D eigenvalue weighted by molar-refractivity contribution is -0.137. The van der Waals surface area contributed by atoms with Gasteiger partial charge in [0.25, 0.3) is 0 Å². The molecule has 1 heterocycles. The molecule has 1 unspecified atom stereocenters. The van der Waals surface area contributed by atoms with Crippen molar-refractivity contribution in [1.29, 1.82) is 0 Å². The van der Waals surface area contributed by atoms with Gasteiger partial charge in [-0.25, -0.2) is 4.79 Å². The molecule has 1 saturated heterocycles. The van der Waals surface area contributed by atoms with E-state index in [2.05, 4.69) is 0 Å². The molecule has 0 bridgehead atoms. The van der Waals surface area contributed by atoms with E-state index in [9.17, 15) is 18.0 Å². The maximum absolute atomic E-state index is 12.7. The first kappa shape index (κ1) is 22.5. The molecule has 158 valence electrons. The number of unbranched alkanes of at least 4 members (excludes halogenated alkanes) is 1. The number of epoxide rings is 1. The number of carbonyl (C=O) groups excluding carboxylic acids is 1. The van der Waals surface area contributed by atoms with Crippen LogP contribution in [0.3, 0.4) is 0 Å². The number of hydrogen-bond acceptors (Lipinski definition) is 5. The topological polar surface area (TPSA) is 57.3 Å².